The number of hydrogen-bond acceptors (Lipinski definition) is 3. The summed E-state index contributed by atoms with van der Waals surface area (Å²) in [5.41, 5.74) is 3.31. The minimum atomic E-state index is 0.740. The molecular formula is C17H27N5O. The molecule has 0 amide bonds. The lowest BCUT2D eigenvalue weighted by atomic mass is 10.3. The number of aliphatic imine (C=N–C) groups is 1. The molecule has 0 aromatic carbocycles. The summed E-state index contributed by atoms with van der Waals surface area (Å²) in [4.78, 5) is 9.22. The highest BCUT2D eigenvalue weighted by molar-refractivity contribution is 5.79. The number of aryl methyl sites for hydroxylation is 1. The van der Waals surface area contributed by atoms with E-state index in [1.807, 2.05) is 12.3 Å². The Kier molecular flexibility index (Phi) is 6.87. The lowest BCUT2D eigenvalue weighted by Gasteiger charge is -2.10. The van der Waals surface area contributed by atoms with Gasteiger partial charge in [-0.05, 0) is 31.9 Å². The second-order valence-corrected chi connectivity index (χ2v) is 5.44. The van der Waals surface area contributed by atoms with Gasteiger partial charge in [0.1, 0.15) is 5.65 Å². The topological polar surface area (TPSA) is 63.0 Å². The molecule has 6 heteroatoms. The fraction of sp³-hybridized carbons (Fsp3) is 0.529. The molecule has 0 saturated carbocycles. The van der Waals surface area contributed by atoms with Gasteiger partial charge >= 0.3 is 0 Å². The number of nitrogens with one attached hydrogen (secondary N) is 2. The first-order chi connectivity index (χ1) is 11.2. The number of guanidine groups is 1. The van der Waals surface area contributed by atoms with Gasteiger partial charge in [-0.3, -0.25) is 4.99 Å². The van der Waals surface area contributed by atoms with Crippen LogP contribution >= 0.6 is 0 Å². The van der Waals surface area contributed by atoms with Gasteiger partial charge in [-0.2, -0.15) is 0 Å². The van der Waals surface area contributed by atoms with Crippen LogP contribution in [0.1, 0.15) is 24.6 Å². The number of nitrogens with zero attached hydrogens (tertiary/aromatic N) is 3. The summed E-state index contributed by atoms with van der Waals surface area (Å²) < 4.78 is 7.12. The van der Waals surface area contributed by atoms with Crippen LogP contribution in [0, 0.1) is 6.92 Å². The van der Waals surface area contributed by atoms with Crippen molar-refractivity contribution in [2.75, 3.05) is 33.4 Å². The third kappa shape index (κ3) is 5.25. The summed E-state index contributed by atoms with van der Waals surface area (Å²) in [5.74, 6) is 0.851. The summed E-state index contributed by atoms with van der Waals surface area (Å²) in [6.07, 6.45) is 5.92. The fourth-order valence-corrected chi connectivity index (χ4v) is 2.38. The lowest BCUT2D eigenvalue weighted by Crippen LogP contribution is -2.38. The van der Waals surface area contributed by atoms with Crippen LogP contribution in [0.15, 0.2) is 29.5 Å². The van der Waals surface area contributed by atoms with Crippen molar-refractivity contribution in [2.24, 2.45) is 4.99 Å². The summed E-state index contributed by atoms with van der Waals surface area (Å²) in [7, 11) is 1.71. The Morgan fingerprint density at radius 2 is 2.26 bits per heavy atom. The van der Waals surface area contributed by atoms with Gasteiger partial charge in [0.15, 0.2) is 5.96 Å². The van der Waals surface area contributed by atoms with Gasteiger partial charge in [0.25, 0.3) is 0 Å². The Bertz CT molecular complexity index is 635. The third-order valence-corrected chi connectivity index (χ3v) is 3.52. The monoisotopic (exact) mass is 317 g/mol. The summed E-state index contributed by atoms with van der Waals surface area (Å²) in [6.45, 7) is 7.31. The number of methoxy groups -OCH3 is 1. The molecule has 0 saturated heterocycles. The van der Waals surface area contributed by atoms with E-state index in [1.165, 1.54) is 5.56 Å². The van der Waals surface area contributed by atoms with Crippen LogP contribution in [-0.2, 0) is 11.2 Å². The molecule has 0 spiro atoms. The van der Waals surface area contributed by atoms with Crippen molar-refractivity contribution in [1.29, 1.82) is 0 Å². The fourth-order valence-electron chi connectivity index (χ4n) is 2.38. The highest BCUT2D eigenvalue weighted by Crippen LogP contribution is 2.09. The first kappa shape index (κ1) is 17.3. The lowest BCUT2D eigenvalue weighted by molar-refractivity contribution is 0.197. The van der Waals surface area contributed by atoms with Crippen molar-refractivity contribution in [1.82, 2.24) is 20.0 Å². The maximum Gasteiger partial charge on any atom is 0.191 e. The van der Waals surface area contributed by atoms with E-state index in [-0.39, 0.29) is 0 Å². The van der Waals surface area contributed by atoms with Crippen LogP contribution in [-0.4, -0.2) is 48.7 Å². The minimum absolute atomic E-state index is 0.740. The van der Waals surface area contributed by atoms with E-state index in [9.17, 15) is 0 Å². The van der Waals surface area contributed by atoms with E-state index < -0.39 is 0 Å². The molecule has 23 heavy (non-hydrogen) atoms. The normalized spacial score (nSPS) is 11.9. The highest BCUT2D eigenvalue weighted by atomic mass is 16.5. The zero-order chi connectivity index (χ0) is 16.5. The molecular weight excluding hydrogens is 290 g/mol. The van der Waals surface area contributed by atoms with E-state index in [0.717, 1.165) is 56.4 Å². The number of rotatable bonds is 8. The Morgan fingerprint density at radius 1 is 1.39 bits per heavy atom. The van der Waals surface area contributed by atoms with Gasteiger partial charge in [-0.25, -0.2) is 4.98 Å². The van der Waals surface area contributed by atoms with Gasteiger partial charge in [0.2, 0.25) is 0 Å². The zero-order valence-electron chi connectivity index (χ0n) is 14.3. The van der Waals surface area contributed by atoms with E-state index in [0.29, 0.717) is 0 Å². The quantitative estimate of drug-likeness (QED) is 0.442. The maximum absolute atomic E-state index is 5.04. The van der Waals surface area contributed by atoms with Gasteiger partial charge in [0, 0.05) is 52.2 Å². The van der Waals surface area contributed by atoms with E-state index in [4.69, 9.17) is 4.74 Å². The first-order valence-electron chi connectivity index (χ1n) is 8.19. The molecule has 0 bridgehead atoms. The number of fused-ring (bicyclic) bond motifs is 1. The predicted molar refractivity (Wildman–Crippen MR) is 94.1 cm³/mol. The Morgan fingerprint density at radius 3 is 3.00 bits per heavy atom. The molecule has 0 aliphatic rings. The van der Waals surface area contributed by atoms with Gasteiger partial charge in [-0.15, -0.1) is 0 Å². The summed E-state index contributed by atoms with van der Waals surface area (Å²) >= 11 is 0. The van der Waals surface area contributed by atoms with Gasteiger partial charge in [-0.1, -0.05) is 6.07 Å². The maximum atomic E-state index is 5.04. The Hall–Kier alpha value is -2.08. The molecule has 0 atom stereocenters. The van der Waals surface area contributed by atoms with Crippen molar-refractivity contribution in [2.45, 2.75) is 26.7 Å². The average molecular weight is 317 g/mol. The smallest absolute Gasteiger partial charge is 0.191 e. The predicted octanol–water partition coefficient (Wildman–Crippen LogP) is 1.78. The SMILES string of the molecule is CCNC(=NCCCOC)NCCc1cn2cccc(C)c2n1. The molecule has 0 radical (unpaired) electrons. The largest absolute Gasteiger partial charge is 0.385 e. The van der Waals surface area contributed by atoms with E-state index >= 15 is 0 Å². The van der Waals surface area contributed by atoms with Crippen LogP contribution < -0.4 is 10.6 Å². The molecule has 2 rings (SSSR count). The third-order valence-electron chi connectivity index (χ3n) is 3.52. The number of pyridine rings is 1. The summed E-state index contributed by atoms with van der Waals surface area (Å²) in [6, 6.07) is 4.13. The minimum Gasteiger partial charge on any atom is -0.385 e. The van der Waals surface area contributed by atoms with Gasteiger partial charge in [0.05, 0.1) is 5.69 Å². The molecule has 0 unspecified atom stereocenters. The average Bonchev–Trinajstić information content (AvgIpc) is 2.96. The van der Waals surface area contributed by atoms with Crippen molar-refractivity contribution in [3.05, 3.63) is 35.8 Å². The molecule has 0 aliphatic heterocycles. The van der Waals surface area contributed by atoms with Crippen LogP contribution in [0.3, 0.4) is 0 Å². The van der Waals surface area contributed by atoms with Crippen molar-refractivity contribution < 1.29 is 4.74 Å². The number of aromatic nitrogens is 2. The highest BCUT2D eigenvalue weighted by Gasteiger charge is 2.04. The second kappa shape index (κ2) is 9.15. The van der Waals surface area contributed by atoms with Crippen LogP contribution in [0.2, 0.25) is 0 Å². The zero-order valence-corrected chi connectivity index (χ0v) is 14.3. The van der Waals surface area contributed by atoms with E-state index in [1.54, 1.807) is 7.11 Å². The van der Waals surface area contributed by atoms with Crippen molar-refractivity contribution in [3.8, 4) is 0 Å². The Labute approximate surface area is 138 Å². The molecule has 2 heterocycles. The standard InChI is InChI=1S/C17H27N5O/c1-4-18-17(19-9-6-12-23-3)20-10-8-15-13-22-11-5-7-14(2)16(22)21-15/h5,7,11,13H,4,6,8-10,12H2,1-3H3,(H2,18,19,20). The van der Waals surface area contributed by atoms with Crippen LogP contribution in [0.25, 0.3) is 5.65 Å². The van der Waals surface area contributed by atoms with Crippen molar-refractivity contribution in [3.63, 3.8) is 0 Å². The molecule has 0 aliphatic carbocycles. The molecule has 126 valence electrons. The number of imidazole rings is 1. The molecule has 0 fully saturated rings. The summed E-state index contributed by atoms with van der Waals surface area (Å²) in [5, 5.41) is 6.61. The van der Waals surface area contributed by atoms with E-state index in [2.05, 4.69) is 51.1 Å². The second-order valence-electron chi connectivity index (χ2n) is 5.44. The van der Waals surface area contributed by atoms with Crippen LogP contribution in [0.5, 0.6) is 0 Å². The molecule has 2 aromatic heterocycles. The Balaban J connectivity index is 1.86. The molecule has 6 nitrogen and oxygen atoms in total. The number of ether oxygens (including phenoxy) is 1. The van der Waals surface area contributed by atoms with Gasteiger partial charge < -0.3 is 19.8 Å². The molecule has 2 aromatic rings. The first-order valence-corrected chi connectivity index (χ1v) is 8.19. The van der Waals surface area contributed by atoms with Crippen molar-refractivity contribution >= 4 is 11.6 Å². The molecule has 2 N–H and O–H groups in total. The van der Waals surface area contributed by atoms with Crippen LogP contribution in [0.4, 0.5) is 0 Å². The number of hydrogen-bond donors (Lipinski definition) is 2.